The van der Waals surface area contributed by atoms with E-state index >= 15 is 0 Å². The van der Waals surface area contributed by atoms with Gasteiger partial charge in [-0.05, 0) is 18.2 Å². The van der Waals surface area contributed by atoms with Crippen molar-refractivity contribution in [2.45, 2.75) is 12.8 Å². The van der Waals surface area contributed by atoms with Crippen LogP contribution >= 0.6 is 0 Å². The molecule has 0 saturated carbocycles. The second kappa shape index (κ2) is 7.98. The van der Waals surface area contributed by atoms with Crippen molar-refractivity contribution in [1.29, 1.82) is 0 Å². The quantitative estimate of drug-likeness (QED) is 0.526. The van der Waals surface area contributed by atoms with Crippen LogP contribution in [0.2, 0.25) is 0 Å². The largest absolute Gasteiger partial charge is 0.441 e. The molecular formula is C21H18FN5O4. The van der Waals surface area contributed by atoms with Gasteiger partial charge in [0.15, 0.2) is 11.7 Å². The van der Waals surface area contributed by atoms with Gasteiger partial charge in [-0.15, -0.1) is 0 Å². The third-order valence-corrected chi connectivity index (χ3v) is 4.84. The van der Waals surface area contributed by atoms with E-state index in [2.05, 4.69) is 15.3 Å². The summed E-state index contributed by atoms with van der Waals surface area (Å²) in [5.41, 5.74) is -0.132. The van der Waals surface area contributed by atoms with Crippen molar-refractivity contribution >= 4 is 22.6 Å². The average molecular weight is 423 g/mol. The summed E-state index contributed by atoms with van der Waals surface area (Å²) in [7, 11) is 2.89. The van der Waals surface area contributed by atoms with Crippen molar-refractivity contribution < 1.29 is 13.6 Å². The van der Waals surface area contributed by atoms with E-state index in [0.717, 1.165) is 4.57 Å². The zero-order chi connectivity index (χ0) is 22.1. The van der Waals surface area contributed by atoms with Crippen LogP contribution in [-0.2, 0) is 25.3 Å². The van der Waals surface area contributed by atoms with E-state index in [0.29, 0.717) is 17.1 Å². The Kier molecular flexibility index (Phi) is 5.20. The lowest BCUT2D eigenvalue weighted by Crippen LogP contribution is -2.37. The topological polar surface area (TPSA) is 112 Å². The number of fused-ring (bicyclic) bond motifs is 1. The number of carbonyl (C=O) groups excluding carboxylic acids is 1. The molecule has 1 amide bonds. The molecular weight excluding hydrogens is 405 g/mol. The highest BCUT2D eigenvalue weighted by molar-refractivity contribution is 5.92. The number of rotatable bonds is 5. The highest BCUT2D eigenvalue weighted by Crippen LogP contribution is 2.23. The smallest absolute Gasteiger partial charge is 0.332 e. The SMILES string of the molecule is Cn1c(=O)c2cc(NC(=O)CCc3ncc(-c4ccccc4F)o3)cnc2n(C)c1=O. The third-order valence-electron chi connectivity index (χ3n) is 4.84. The molecule has 3 heterocycles. The van der Waals surface area contributed by atoms with Crippen LogP contribution in [0.25, 0.3) is 22.4 Å². The standard InChI is InChI=1S/C21H18FN5O4/c1-26-19-14(20(29)27(2)21(26)30)9-12(10-24-19)25-17(28)7-8-18-23-11-16(31-18)13-5-3-4-6-15(13)22/h3-6,9-11H,7-8H2,1-2H3,(H,25,28). The number of nitrogens with zero attached hydrogens (tertiary/aromatic N) is 4. The fraction of sp³-hybridized carbons (Fsp3) is 0.190. The van der Waals surface area contributed by atoms with Crippen molar-refractivity contribution in [3.63, 3.8) is 0 Å². The summed E-state index contributed by atoms with van der Waals surface area (Å²) >= 11 is 0. The van der Waals surface area contributed by atoms with Crippen molar-refractivity contribution in [2.75, 3.05) is 5.32 Å². The molecule has 0 radical (unpaired) electrons. The van der Waals surface area contributed by atoms with Gasteiger partial charge in [-0.25, -0.2) is 19.2 Å². The monoisotopic (exact) mass is 423 g/mol. The number of aryl methyl sites for hydroxylation is 2. The lowest BCUT2D eigenvalue weighted by atomic mass is 10.2. The van der Waals surface area contributed by atoms with Gasteiger partial charge in [-0.1, -0.05) is 12.1 Å². The van der Waals surface area contributed by atoms with Crippen LogP contribution in [0, 0.1) is 5.82 Å². The number of oxazole rings is 1. The molecule has 0 fully saturated rings. The highest BCUT2D eigenvalue weighted by atomic mass is 19.1. The van der Waals surface area contributed by atoms with E-state index in [1.165, 1.54) is 43.2 Å². The zero-order valence-electron chi connectivity index (χ0n) is 16.8. The molecule has 0 aliphatic rings. The second-order valence-corrected chi connectivity index (χ2v) is 6.95. The molecule has 1 N–H and O–H groups in total. The van der Waals surface area contributed by atoms with E-state index < -0.39 is 17.1 Å². The van der Waals surface area contributed by atoms with Gasteiger partial charge in [0.2, 0.25) is 5.91 Å². The zero-order valence-corrected chi connectivity index (χ0v) is 16.8. The van der Waals surface area contributed by atoms with Crippen LogP contribution < -0.4 is 16.6 Å². The van der Waals surface area contributed by atoms with Crippen molar-refractivity contribution in [3.05, 3.63) is 75.3 Å². The first kappa shape index (κ1) is 20.2. The Labute approximate surface area is 174 Å². The van der Waals surface area contributed by atoms with Crippen LogP contribution in [-0.4, -0.2) is 25.0 Å². The number of aromatic nitrogens is 4. The molecule has 1 aromatic carbocycles. The maximum atomic E-state index is 13.9. The molecule has 0 spiro atoms. The Morgan fingerprint density at radius 2 is 1.90 bits per heavy atom. The van der Waals surface area contributed by atoms with Gasteiger partial charge in [0.1, 0.15) is 11.5 Å². The number of hydrogen-bond acceptors (Lipinski definition) is 6. The molecule has 0 saturated heterocycles. The van der Waals surface area contributed by atoms with Gasteiger partial charge < -0.3 is 9.73 Å². The number of carbonyl (C=O) groups is 1. The predicted octanol–water partition coefficient (Wildman–Crippen LogP) is 2.00. The van der Waals surface area contributed by atoms with Crippen molar-refractivity contribution in [1.82, 2.24) is 19.1 Å². The molecule has 158 valence electrons. The Morgan fingerprint density at radius 1 is 1.13 bits per heavy atom. The minimum absolute atomic E-state index is 0.0561. The van der Waals surface area contributed by atoms with Gasteiger partial charge in [0, 0.05) is 26.9 Å². The van der Waals surface area contributed by atoms with Crippen LogP contribution in [0.5, 0.6) is 0 Å². The number of nitrogens with one attached hydrogen (secondary N) is 1. The van der Waals surface area contributed by atoms with Crippen molar-refractivity contribution in [2.24, 2.45) is 14.1 Å². The van der Waals surface area contributed by atoms with Gasteiger partial charge in [0.05, 0.1) is 29.0 Å². The predicted molar refractivity (Wildman–Crippen MR) is 111 cm³/mol. The van der Waals surface area contributed by atoms with Crippen LogP contribution in [0.1, 0.15) is 12.3 Å². The number of pyridine rings is 1. The molecule has 4 rings (SSSR count). The summed E-state index contributed by atoms with van der Waals surface area (Å²) in [6, 6.07) is 7.66. The molecule has 4 aromatic rings. The first-order valence-corrected chi connectivity index (χ1v) is 9.40. The molecule has 9 nitrogen and oxygen atoms in total. The highest BCUT2D eigenvalue weighted by Gasteiger charge is 2.14. The van der Waals surface area contributed by atoms with E-state index in [4.69, 9.17) is 4.42 Å². The number of amides is 1. The molecule has 0 aliphatic heterocycles. The first-order valence-electron chi connectivity index (χ1n) is 9.40. The minimum Gasteiger partial charge on any atom is -0.441 e. The minimum atomic E-state index is -0.498. The van der Waals surface area contributed by atoms with E-state index in [9.17, 15) is 18.8 Å². The molecule has 0 aliphatic carbocycles. The molecule has 0 bridgehead atoms. The molecule has 0 atom stereocenters. The third kappa shape index (κ3) is 3.87. The normalized spacial score (nSPS) is 11.1. The average Bonchev–Trinajstić information content (AvgIpc) is 3.24. The summed E-state index contributed by atoms with van der Waals surface area (Å²) in [4.78, 5) is 44.9. The summed E-state index contributed by atoms with van der Waals surface area (Å²) < 4.78 is 21.6. The van der Waals surface area contributed by atoms with E-state index in [-0.39, 0.29) is 35.5 Å². The lowest BCUT2D eigenvalue weighted by molar-refractivity contribution is -0.116. The summed E-state index contributed by atoms with van der Waals surface area (Å²) in [5.74, 6) is -0.175. The Hall–Kier alpha value is -4.08. The molecule has 3 aromatic heterocycles. The lowest BCUT2D eigenvalue weighted by Gasteiger charge is -2.09. The van der Waals surface area contributed by atoms with E-state index in [1.807, 2.05) is 0 Å². The summed E-state index contributed by atoms with van der Waals surface area (Å²) in [6.45, 7) is 0. The van der Waals surface area contributed by atoms with Crippen molar-refractivity contribution in [3.8, 4) is 11.3 Å². The van der Waals surface area contributed by atoms with Gasteiger partial charge in [-0.2, -0.15) is 0 Å². The van der Waals surface area contributed by atoms with Crippen LogP contribution in [0.3, 0.4) is 0 Å². The maximum absolute atomic E-state index is 13.9. The molecule has 10 heteroatoms. The Bertz CT molecular complexity index is 1420. The Morgan fingerprint density at radius 3 is 2.68 bits per heavy atom. The second-order valence-electron chi connectivity index (χ2n) is 6.95. The maximum Gasteiger partial charge on any atom is 0.332 e. The number of hydrogen-bond donors (Lipinski definition) is 1. The number of benzene rings is 1. The molecule has 0 unspecified atom stereocenters. The summed E-state index contributed by atoms with van der Waals surface area (Å²) in [6.07, 6.45) is 3.05. The fourth-order valence-electron chi connectivity index (χ4n) is 3.19. The van der Waals surface area contributed by atoms with E-state index in [1.54, 1.807) is 18.2 Å². The first-order chi connectivity index (χ1) is 14.8. The van der Waals surface area contributed by atoms with Crippen LogP contribution in [0.4, 0.5) is 10.1 Å². The number of anilines is 1. The summed E-state index contributed by atoms with van der Waals surface area (Å²) in [5, 5.41) is 2.88. The van der Waals surface area contributed by atoms with Gasteiger partial charge >= 0.3 is 5.69 Å². The Balaban J connectivity index is 1.46. The fourth-order valence-corrected chi connectivity index (χ4v) is 3.19. The van der Waals surface area contributed by atoms with Gasteiger partial charge in [-0.3, -0.25) is 18.7 Å². The van der Waals surface area contributed by atoms with Gasteiger partial charge in [0.25, 0.3) is 5.56 Å². The molecule has 31 heavy (non-hydrogen) atoms. The van der Waals surface area contributed by atoms with Crippen LogP contribution in [0.15, 0.2) is 56.7 Å². The number of halogens is 1.